The third kappa shape index (κ3) is 6.15. The molecule has 0 heterocycles. The Balaban J connectivity index is 2.41. The van der Waals surface area contributed by atoms with Crippen molar-refractivity contribution < 1.29 is 9.59 Å². The number of rotatable bonds is 6. The van der Waals surface area contributed by atoms with Gasteiger partial charge in [0.25, 0.3) is 0 Å². The largest absolute Gasteiger partial charge is 0.341 e. The Morgan fingerprint density at radius 2 is 2.05 bits per heavy atom. The van der Waals surface area contributed by atoms with Gasteiger partial charge in [0.1, 0.15) is 12.6 Å². The number of carbonyl (C=O) groups excluding carboxylic acids is 2. The van der Waals surface area contributed by atoms with Gasteiger partial charge in [0.15, 0.2) is 0 Å². The first-order chi connectivity index (χ1) is 9.67. The standard InChI is InChI=1S/C13H22N4O2S/c1-20-9-11(12(18)15-8-7-14)17-13(19)16-10-5-3-2-4-6-10/h10-11H,2-6,8-9H2,1H3,(H,15,18)(H2,16,17,19). The number of hydrogen-bond donors (Lipinski definition) is 3. The third-order valence-corrected chi connectivity index (χ3v) is 3.90. The molecule has 0 aliphatic heterocycles. The molecule has 0 aromatic rings. The molecule has 0 saturated heterocycles. The number of amides is 3. The Labute approximate surface area is 124 Å². The zero-order chi connectivity index (χ0) is 14.8. The van der Waals surface area contributed by atoms with Gasteiger partial charge < -0.3 is 16.0 Å². The van der Waals surface area contributed by atoms with Gasteiger partial charge in [-0.3, -0.25) is 4.79 Å². The van der Waals surface area contributed by atoms with Crippen LogP contribution in [0.2, 0.25) is 0 Å². The molecule has 1 unspecified atom stereocenters. The summed E-state index contributed by atoms with van der Waals surface area (Å²) >= 11 is 1.47. The number of thioether (sulfide) groups is 1. The van der Waals surface area contributed by atoms with Crippen molar-refractivity contribution in [2.45, 2.75) is 44.2 Å². The Morgan fingerprint density at radius 1 is 1.35 bits per heavy atom. The van der Waals surface area contributed by atoms with E-state index in [1.54, 1.807) is 0 Å². The minimum Gasteiger partial charge on any atom is -0.341 e. The van der Waals surface area contributed by atoms with E-state index in [1.165, 1.54) is 18.2 Å². The average Bonchev–Trinajstić information content (AvgIpc) is 2.45. The van der Waals surface area contributed by atoms with Crippen LogP contribution in [-0.4, -0.2) is 42.6 Å². The summed E-state index contributed by atoms with van der Waals surface area (Å²) in [6.07, 6.45) is 7.38. The van der Waals surface area contributed by atoms with Gasteiger partial charge in [0, 0.05) is 11.8 Å². The molecule has 20 heavy (non-hydrogen) atoms. The SMILES string of the molecule is CSCC(NC(=O)NC1CCCCC1)C(=O)NCC#N. The van der Waals surface area contributed by atoms with Crippen LogP contribution in [0.1, 0.15) is 32.1 Å². The van der Waals surface area contributed by atoms with E-state index >= 15 is 0 Å². The van der Waals surface area contributed by atoms with E-state index in [2.05, 4.69) is 16.0 Å². The van der Waals surface area contributed by atoms with E-state index in [-0.39, 0.29) is 24.5 Å². The van der Waals surface area contributed by atoms with Crippen LogP contribution in [-0.2, 0) is 4.79 Å². The highest BCUT2D eigenvalue weighted by Gasteiger charge is 2.22. The Kier molecular flexibility index (Phi) is 7.88. The lowest BCUT2D eigenvalue weighted by Crippen LogP contribution is -2.53. The number of carbonyl (C=O) groups is 2. The highest BCUT2D eigenvalue weighted by Crippen LogP contribution is 2.17. The molecule has 7 heteroatoms. The highest BCUT2D eigenvalue weighted by molar-refractivity contribution is 7.98. The van der Waals surface area contributed by atoms with Crippen molar-refractivity contribution in [3.63, 3.8) is 0 Å². The van der Waals surface area contributed by atoms with Crippen LogP contribution >= 0.6 is 11.8 Å². The molecule has 0 bridgehead atoms. The summed E-state index contributed by atoms with van der Waals surface area (Å²) in [5, 5.41) is 16.5. The monoisotopic (exact) mass is 298 g/mol. The maximum Gasteiger partial charge on any atom is 0.315 e. The Bertz CT molecular complexity index is 364. The summed E-state index contributed by atoms with van der Waals surface area (Å²) in [4.78, 5) is 23.7. The van der Waals surface area contributed by atoms with Crippen LogP contribution in [0.15, 0.2) is 0 Å². The average molecular weight is 298 g/mol. The van der Waals surface area contributed by atoms with Gasteiger partial charge >= 0.3 is 6.03 Å². The maximum atomic E-state index is 11.9. The molecule has 1 aliphatic carbocycles. The van der Waals surface area contributed by atoms with E-state index in [9.17, 15) is 9.59 Å². The van der Waals surface area contributed by atoms with Crippen molar-refractivity contribution in [1.29, 1.82) is 5.26 Å². The molecular weight excluding hydrogens is 276 g/mol. The molecule has 1 atom stereocenters. The van der Waals surface area contributed by atoms with Crippen LogP contribution in [0.4, 0.5) is 4.79 Å². The second kappa shape index (κ2) is 9.48. The molecule has 3 N–H and O–H groups in total. The number of hydrogen-bond acceptors (Lipinski definition) is 4. The molecule has 1 rings (SSSR count). The summed E-state index contributed by atoms with van der Waals surface area (Å²) in [5.74, 6) is 0.162. The van der Waals surface area contributed by atoms with Gasteiger partial charge in [-0.1, -0.05) is 19.3 Å². The van der Waals surface area contributed by atoms with E-state index in [0.29, 0.717) is 5.75 Å². The number of nitrogens with zero attached hydrogens (tertiary/aromatic N) is 1. The molecule has 0 aromatic carbocycles. The highest BCUT2D eigenvalue weighted by atomic mass is 32.2. The van der Waals surface area contributed by atoms with Crippen molar-refractivity contribution in [3.05, 3.63) is 0 Å². The fourth-order valence-electron chi connectivity index (χ4n) is 2.23. The number of nitrogens with one attached hydrogen (secondary N) is 3. The molecule has 112 valence electrons. The van der Waals surface area contributed by atoms with E-state index in [1.807, 2.05) is 12.3 Å². The first-order valence-corrected chi connectivity index (χ1v) is 8.27. The van der Waals surface area contributed by atoms with Crippen molar-refractivity contribution >= 4 is 23.7 Å². The lowest BCUT2D eigenvalue weighted by Gasteiger charge is -2.24. The lowest BCUT2D eigenvalue weighted by molar-refractivity contribution is -0.122. The smallest absolute Gasteiger partial charge is 0.315 e. The fourth-order valence-corrected chi connectivity index (χ4v) is 2.80. The fraction of sp³-hybridized carbons (Fsp3) is 0.769. The van der Waals surface area contributed by atoms with Gasteiger partial charge in [0.2, 0.25) is 5.91 Å². The summed E-state index contributed by atoms with van der Waals surface area (Å²) in [7, 11) is 0. The quantitative estimate of drug-likeness (QED) is 0.637. The summed E-state index contributed by atoms with van der Waals surface area (Å²) in [6, 6.07) is 1.14. The van der Waals surface area contributed by atoms with Gasteiger partial charge in [0.05, 0.1) is 6.07 Å². The van der Waals surface area contributed by atoms with Crippen LogP contribution in [0.25, 0.3) is 0 Å². The normalized spacial score (nSPS) is 16.8. The molecule has 3 amide bonds. The Morgan fingerprint density at radius 3 is 2.65 bits per heavy atom. The number of urea groups is 1. The molecule has 1 aliphatic rings. The van der Waals surface area contributed by atoms with Crippen LogP contribution < -0.4 is 16.0 Å². The van der Waals surface area contributed by atoms with E-state index in [4.69, 9.17) is 5.26 Å². The summed E-state index contributed by atoms with van der Waals surface area (Å²) < 4.78 is 0. The van der Waals surface area contributed by atoms with E-state index < -0.39 is 6.04 Å². The molecule has 6 nitrogen and oxygen atoms in total. The van der Waals surface area contributed by atoms with Gasteiger partial charge in [-0.05, 0) is 19.1 Å². The molecule has 1 saturated carbocycles. The topological polar surface area (TPSA) is 94.0 Å². The molecule has 0 aromatic heterocycles. The minimum absolute atomic E-state index is 0.0460. The van der Waals surface area contributed by atoms with Crippen LogP contribution in [0.5, 0.6) is 0 Å². The summed E-state index contributed by atoms with van der Waals surface area (Å²) in [6.45, 7) is -0.0460. The van der Waals surface area contributed by atoms with Crippen molar-refractivity contribution in [1.82, 2.24) is 16.0 Å². The van der Waals surface area contributed by atoms with Crippen molar-refractivity contribution in [2.75, 3.05) is 18.6 Å². The zero-order valence-electron chi connectivity index (χ0n) is 11.8. The molecule has 1 fully saturated rings. The summed E-state index contributed by atoms with van der Waals surface area (Å²) in [5.41, 5.74) is 0. The molecule has 0 spiro atoms. The second-order valence-corrected chi connectivity index (χ2v) is 5.75. The van der Waals surface area contributed by atoms with Crippen LogP contribution in [0, 0.1) is 11.3 Å². The predicted octanol–water partition coefficient (Wildman–Crippen LogP) is 0.990. The maximum absolute atomic E-state index is 11.9. The molecule has 0 radical (unpaired) electrons. The molecular formula is C13H22N4O2S. The number of nitriles is 1. The van der Waals surface area contributed by atoms with Crippen LogP contribution in [0.3, 0.4) is 0 Å². The van der Waals surface area contributed by atoms with Gasteiger partial charge in [-0.25, -0.2) is 4.79 Å². The van der Waals surface area contributed by atoms with Gasteiger partial charge in [-0.15, -0.1) is 0 Å². The third-order valence-electron chi connectivity index (χ3n) is 3.24. The predicted molar refractivity (Wildman–Crippen MR) is 79.3 cm³/mol. The first kappa shape index (κ1) is 16.6. The van der Waals surface area contributed by atoms with Crippen molar-refractivity contribution in [3.8, 4) is 6.07 Å². The van der Waals surface area contributed by atoms with E-state index in [0.717, 1.165) is 25.7 Å². The Hall–Kier alpha value is -1.42. The second-order valence-electron chi connectivity index (χ2n) is 4.84. The lowest BCUT2D eigenvalue weighted by atomic mass is 9.96. The minimum atomic E-state index is -0.609. The zero-order valence-corrected chi connectivity index (χ0v) is 12.6. The van der Waals surface area contributed by atoms with Crippen molar-refractivity contribution in [2.24, 2.45) is 0 Å². The van der Waals surface area contributed by atoms with Gasteiger partial charge in [-0.2, -0.15) is 17.0 Å². The first-order valence-electron chi connectivity index (χ1n) is 6.88.